The highest BCUT2D eigenvalue weighted by Crippen LogP contribution is 2.34. The van der Waals surface area contributed by atoms with Crippen molar-refractivity contribution in [2.45, 2.75) is 65.0 Å². The fourth-order valence-electron chi connectivity index (χ4n) is 4.41. The predicted octanol–water partition coefficient (Wildman–Crippen LogP) is 3.59. The van der Waals surface area contributed by atoms with Crippen LogP contribution in [0, 0.1) is 16.7 Å². The number of carbonyl (C=O) groups excluding carboxylic acids is 2. The number of likely N-dealkylation sites (tertiary alicyclic amines) is 2. The Morgan fingerprint density at radius 1 is 1.00 bits per heavy atom. The molecule has 27 heavy (non-hydrogen) atoms. The number of rotatable bonds is 2. The molecule has 2 saturated heterocycles. The Hall–Kier alpha value is -2.35. The SMILES string of the molecule is CC(C)(C)C1CCCCN1C(=O)[C@@H]1CCCN1C(=O)c1ccc(C#N)cc1. The molecular formula is C22H29N3O2. The monoisotopic (exact) mass is 367 g/mol. The second-order valence-corrected chi connectivity index (χ2v) is 8.75. The van der Waals surface area contributed by atoms with Gasteiger partial charge in [0, 0.05) is 24.7 Å². The minimum atomic E-state index is -0.365. The standard InChI is InChI=1S/C22H29N3O2/c1-22(2,3)19-8-4-5-13-25(19)21(27)18-7-6-14-24(18)20(26)17-11-9-16(15-23)10-12-17/h9-12,18-19H,4-8,13-14H2,1-3H3/t18-,19?/m0/s1. The Bertz CT molecular complexity index is 742. The van der Waals surface area contributed by atoms with E-state index in [0.29, 0.717) is 17.7 Å². The molecule has 144 valence electrons. The smallest absolute Gasteiger partial charge is 0.254 e. The topological polar surface area (TPSA) is 64.4 Å². The molecule has 5 heteroatoms. The second kappa shape index (κ2) is 7.72. The van der Waals surface area contributed by atoms with Crippen LogP contribution in [-0.2, 0) is 4.79 Å². The molecule has 2 atom stereocenters. The molecule has 0 saturated carbocycles. The van der Waals surface area contributed by atoms with Crippen LogP contribution in [0.4, 0.5) is 0 Å². The van der Waals surface area contributed by atoms with Crippen molar-refractivity contribution < 1.29 is 9.59 Å². The summed E-state index contributed by atoms with van der Waals surface area (Å²) in [5.74, 6) is -0.00576. The summed E-state index contributed by atoms with van der Waals surface area (Å²) in [6.45, 7) is 7.98. The zero-order valence-corrected chi connectivity index (χ0v) is 16.6. The summed E-state index contributed by atoms with van der Waals surface area (Å²) in [5.41, 5.74) is 1.11. The van der Waals surface area contributed by atoms with Crippen LogP contribution in [-0.4, -0.2) is 46.8 Å². The third-order valence-corrected chi connectivity index (χ3v) is 5.85. The molecule has 0 aliphatic carbocycles. The summed E-state index contributed by atoms with van der Waals surface area (Å²) in [6.07, 6.45) is 4.81. The van der Waals surface area contributed by atoms with Crippen LogP contribution in [0.1, 0.15) is 68.8 Å². The molecule has 3 rings (SSSR count). The van der Waals surface area contributed by atoms with Crippen molar-refractivity contribution in [3.63, 3.8) is 0 Å². The van der Waals surface area contributed by atoms with E-state index < -0.39 is 0 Å². The molecule has 0 bridgehead atoms. The van der Waals surface area contributed by atoms with Gasteiger partial charge < -0.3 is 9.80 Å². The molecule has 1 unspecified atom stereocenters. The van der Waals surface area contributed by atoms with Crippen molar-refractivity contribution in [2.75, 3.05) is 13.1 Å². The number of hydrogen-bond donors (Lipinski definition) is 0. The van der Waals surface area contributed by atoms with Crippen LogP contribution >= 0.6 is 0 Å². The van der Waals surface area contributed by atoms with Gasteiger partial charge >= 0.3 is 0 Å². The maximum atomic E-state index is 13.4. The molecule has 2 aliphatic heterocycles. The van der Waals surface area contributed by atoms with E-state index in [4.69, 9.17) is 5.26 Å². The zero-order valence-electron chi connectivity index (χ0n) is 16.6. The van der Waals surface area contributed by atoms with Crippen LogP contribution < -0.4 is 0 Å². The fourth-order valence-corrected chi connectivity index (χ4v) is 4.41. The van der Waals surface area contributed by atoms with Gasteiger partial charge in [0.15, 0.2) is 0 Å². The molecule has 2 aliphatic rings. The van der Waals surface area contributed by atoms with Crippen LogP contribution in [0.15, 0.2) is 24.3 Å². The van der Waals surface area contributed by atoms with Crippen LogP contribution in [0.2, 0.25) is 0 Å². The molecule has 0 radical (unpaired) electrons. The highest BCUT2D eigenvalue weighted by atomic mass is 16.2. The molecule has 1 aromatic rings. The van der Waals surface area contributed by atoms with Crippen molar-refractivity contribution in [3.8, 4) is 6.07 Å². The molecular weight excluding hydrogens is 338 g/mol. The van der Waals surface area contributed by atoms with Gasteiger partial charge in [-0.25, -0.2) is 0 Å². The average Bonchev–Trinajstić information content (AvgIpc) is 3.16. The first-order chi connectivity index (χ1) is 12.8. The predicted molar refractivity (Wildman–Crippen MR) is 104 cm³/mol. The maximum absolute atomic E-state index is 13.4. The normalized spacial score (nSPS) is 23.2. The highest BCUT2D eigenvalue weighted by Gasteiger charge is 2.42. The van der Waals surface area contributed by atoms with E-state index in [1.165, 1.54) is 0 Å². The van der Waals surface area contributed by atoms with Gasteiger partial charge in [-0.15, -0.1) is 0 Å². The van der Waals surface area contributed by atoms with E-state index >= 15 is 0 Å². The van der Waals surface area contributed by atoms with Gasteiger partial charge in [-0.05, 0) is 61.8 Å². The van der Waals surface area contributed by atoms with E-state index in [-0.39, 0.29) is 29.3 Å². The third kappa shape index (κ3) is 4.00. The Morgan fingerprint density at radius 2 is 1.67 bits per heavy atom. The highest BCUT2D eigenvalue weighted by molar-refractivity contribution is 5.98. The minimum Gasteiger partial charge on any atom is -0.337 e. The lowest BCUT2D eigenvalue weighted by Gasteiger charge is -2.45. The molecule has 0 spiro atoms. The fraction of sp³-hybridized carbons (Fsp3) is 0.591. The average molecular weight is 367 g/mol. The Labute approximate surface area is 161 Å². The van der Waals surface area contributed by atoms with Gasteiger partial charge in [0.1, 0.15) is 6.04 Å². The van der Waals surface area contributed by atoms with E-state index in [2.05, 4.69) is 26.8 Å². The number of hydrogen-bond acceptors (Lipinski definition) is 3. The lowest BCUT2D eigenvalue weighted by Crippen LogP contribution is -2.56. The number of amides is 2. The molecule has 2 amide bonds. The Morgan fingerprint density at radius 3 is 2.30 bits per heavy atom. The van der Waals surface area contributed by atoms with Crippen molar-refractivity contribution >= 4 is 11.8 Å². The number of nitriles is 1. The van der Waals surface area contributed by atoms with Crippen LogP contribution in [0.5, 0.6) is 0 Å². The maximum Gasteiger partial charge on any atom is 0.254 e. The molecule has 2 heterocycles. The summed E-state index contributed by atoms with van der Waals surface area (Å²) in [6, 6.07) is 8.60. The molecule has 0 aromatic heterocycles. The Kier molecular flexibility index (Phi) is 5.55. The summed E-state index contributed by atoms with van der Waals surface area (Å²) >= 11 is 0. The van der Waals surface area contributed by atoms with Gasteiger partial charge in [-0.2, -0.15) is 5.26 Å². The molecule has 1 aromatic carbocycles. The van der Waals surface area contributed by atoms with Crippen LogP contribution in [0.3, 0.4) is 0 Å². The van der Waals surface area contributed by atoms with Crippen molar-refractivity contribution in [1.29, 1.82) is 5.26 Å². The summed E-state index contributed by atoms with van der Waals surface area (Å²) in [5, 5.41) is 8.93. The second-order valence-electron chi connectivity index (χ2n) is 8.75. The zero-order chi connectivity index (χ0) is 19.6. The summed E-state index contributed by atoms with van der Waals surface area (Å²) < 4.78 is 0. The van der Waals surface area contributed by atoms with Crippen molar-refractivity contribution in [1.82, 2.24) is 9.80 Å². The van der Waals surface area contributed by atoms with Crippen molar-refractivity contribution in [3.05, 3.63) is 35.4 Å². The lowest BCUT2D eigenvalue weighted by molar-refractivity contribution is -0.142. The van der Waals surface area contributed by atoms with Gasteiger partial charge in [-0.3, -0.25) is 9.59 Å². The third-order valence-electron chi connectivity index (χ3n) is 5.85. The summed E-state index contributed by atoms with van der Waals surface area (Å²) in [7, 11) is 0. The van der Waals surface area contributed by atoms with E-state index in [0.717, 1.165) is 38.6 Å². The first-order valence-corrected chi connectivity index (χ1v) is 9.94. The quantitative estimate of drug-likeness (QED) is 0.802. The van der Waals surface area contributed by atoms with Crippen LogP contribution in [0.25, 0.3) is 0 Å². The van der Waals surface area contributed by atoms with Gasteiger partial charge in [0.25, 0.3) is 5.91 Å². The Balaban J connectivity index is 1.79. The molecule has 2 fully saturated rings. The first-order valence-electron chi connectivity index (χ1n) is 9.94. The number of nitrogens with zero attached hydrogens (tertiary/aromatic N) is 3. The van der Waals surface area contributed by atoms with Gasteiger partial charge in [0.2, 0.25) is 5.91 Å². The van der Waals surface area contributed by atoms with Gasteiger partial charge in [0.05, 0.1) is 11.6 Å². The minimum absolute atomic E-state index is 0.0383. The first kappa shape index (κ1) is 19.4. The van der Waals surface area contributed by atoms with Crippen molar-refractivity contribution in [2.24, 2.45) is 5.41 Å². The van der Waals surface area contributed by atoms with E-state index in [1.54, 1.807) is 29.2 Å². The molecule has 5 nitrogen and oxygen atoms in total. The van der Waals surface area contributed by atoms with Gasteiger partial charge in [-0.1, -0.05) is 20.8 Å². The van der Waals surface area contributed by atoms with E-state index in [1.807, 2.05) is 4.90 Å². The number of benzene rings is 1. The lowest BCUT2D eigenvalue weighted by atomic mass is 9.80. The number of piperidine rings is 1. The summed E-state index contributed by atoms with van der Waals surface area (Å²) in [4.78, 5) is 30.2. The number of carbonyl (C=O) groups is 2. The van der Waals surface area contributed by atoms with E-state index in [9.17, 15) is 9.59 Å². The molecule has 0 N–H and O–H groups in total. The largest absolute Gasteiger partial charge is 0.337 e.